The van der Waals surface area contributed by atoms with Crippen LogP contribution in [-0.2, 0) is 4.79 Å². The molecule has 2 aromatic carbocycles. The molecule has 3 N–H and O–H groups in total. The summed E-state index contributed by atoms with van der Waals surface area (Å²) in [5, 5.41) is 8.65. The van der Waals surface area contributed by atoms with Crippen molar-refractivity contribution < 1.29 is 14.3 Å². The Labute approximate surface area is 137 Å². The Bertz CT molecular complexity index is 764. The molecular formula is C16H14ClN3O3. The number of nitrogens with one attached hydrogen (secondary N) is 3. The Hall–Kier alpha value is -2.73. The van der Waals surface area contributed by atoms with Crippen molar-refractivity contribution in [2.24, 2.45) is 0 Å². The normalized spacial score (nSPS) is 13.2. The van der Waals surface area contributed by atoms with E-state index >= 15 is 0 Å². The summed E-state index contributed by atoms with van der Waals surface area (Å²) in [6.07, 6.45) is 0.298. The number of hydrogen-bond acceptors (Lipinski definition) is 3. The number of carbonyl (C=O) groups excluding carboxylic acids is 2. The molecule has 6 nitrogen and oxygen atoms in total. The minimum atomic E-state index is -0.409. The Morgan fingerprint density at radius 2 is 1.91 bits per heavy atom. The van der Waals surface area contributed by atoms with Crippen LogP contribution in [0.25, 0.3) is 0 Å². The largest absolute Gasteiger partial charge is 0.491 e. The van der Waals surface area contributed by atoms with Crippen LogP contribution in [0.2, 0.25) is 5.02 Å². The van der Waals surface area contributed by atoms with Crippen LogP contribution in [0.1, 0.15) is 6.42 Å². The van der Waals surface area contributed by atoms with Crippen molar-refractivity contribution in [3.05, 3.63) is 47.5 Å². The fourth-order valence-corrected chi connectivity index (χ4v) is 2.35. The number of fused-ring (bicyclic) bond motifs is 1. The third-order valence-electron chi connectivity index (χ3n) is 3.18. The van der Waals surface area contributed by atoms with Crippen molar-refractivity contribution in [2.75, 3.05) is 22.6 Å². The summed E-state index contributed by atoms with van der Waals surface area (Å²) < 4.78 is 5.46. The van der Waals surface area contributed by atoms with Crippen molar-refractivity contribution >= 4 is 40.6 Å². The number of benzene rings is 2. The molecule has 3 amide bonds. The Morgan fingerprint density at radius 3 is 2.70 bits per heavy atom. The molecule has 1 heterocycles. The maximum Gasteiger partial charge on any atom is 0.323 e. The summed E-state index contributed by atoms with van der Waals surface area (Å²) in [4.78, 5) is 23.6. The zero-order valence-corrected chi connectivity index (χ0v) is 12.8. The highest BCUT2D eigenvalue weighted by Gasteiger charge is 2.14. The lowest BCUT2D eigenvalue weighted by molar-refractivity contribution is -0.116. The zero-order valence-electron chi connectivity index (χ0n) is 12.1. The summed E-state index contributed by atoms with van der Waals surface area (Å²) >= 11 is 5.87. The minimum Gasteiger partial charge on any atom is -0.491 e. The van der Waals surface area contributed by atoms with E-state index in [1.165, 1.54) is 0 Å². The number of rotatable bonds is 2. The van der Waals surface area contributed by atoms with Crippen molar-refractivity contribution in [2.45, 2.75) is 6.42 Å². The van der Waals surface area contributed by atoms with Crippen LogP contribution in [0.4, 0.5) is 21.9 Å². The first-order valence-electron chi connectivity index (χ1n) is 7.00. The molecule has 1 aliphatic heterocycles. The van der Waals surface area contributed by atoms with Crippen LogP contribution in [-0.4, -0.2) is 18.5 Å². The monoisotopic (exact) mass is 331 g/mol. The molecule has 1 aliphatic rings. The third kappa shape index (κ3) is 3.92. The van der Waals surface area contributed by atoms with Gasteiger partial charge in [-0.3, -0.25) is 4.79 Å². The molecular weight excluding hydrogens is 318 g/mol. The molecule has 0 bridgehead atoms. The third-order valence-corrected chi connectivity index (χ3v) is 3.42. The SMILES string of the molecule is O=C1CCOc2ccc(NC(=O)Nc3cccc(Cl)c3)cc2N1. The van der Waals surface area contributed by atoms with Crippen LogP contribution >= 0.6 is 11.6 Å². The second-order valence-electron chi connectivity index (χ2n) is 4.95. The van der Waals surface area contributed by atoms with E-state index in [1.54, 1.807) is 42.5 Å². The summed E-state index contributed by atoms with van der Waals surface area (Å²) in [6.45, 7) is 0.334. The molecule has 3 rings (SSSR count). The number of hydrogen-bond donors (Lipinski definition) is 3. The molecule has 0 unspecified atom stereocenters. The summed E-state index contributed by atoms with van der Waals surface area (Å²) in [6, 6.07) is 11.5. The second-order valence-corrected chi connectivity index (χ2v) is 5.38. The standard InChI is InChI=1S/C16H14ClN3O3/c17-10-2-1-3-11(8-10)18-16(22)19-12-4-5-14-13(9-12)20-15(21)6-7-23-14/h1-5,8-9H,6-7H2,(H,20,21)(H2,18,19,22). The van der Waals surface area contributed by atoms with Gasteiger partial charge in [-0.05, 0) is 36.4 Å². The number of ether oxygens (including phenoxy) is 1. The predicted octanol–water partition coefficient (Wildman–Crippen LogP) is 3.71. The molecule has 0 spiro atoms. The van der Waals surface area contributed by atoms with Crippen LogP contribution in [0.5, 0.6) is 5.75 Å². The summed E-state index contributed by atoms with van der Waals surface area (Å²) in [5.74, 6) is 0.459. The van der Waals surface area contributed by atoms with Crippen LogP contribution < -0.4 is 20.7 Å². The van der Waals surface area contributed by atoms with E-state index in [0.29, 0.717) is 40.9 Å². The van der Waals surface area contributed by atoms with E-state index in [2.05, 4.69) is 16.0 Å². The van der Waals surface area contributed by atoms with Crippen molar-refractivity contribution in [3.8, 4) is 5.75 Å². The Morgan fingerprint density at radius 1 is 1.13 bits per heavy atom. The van der Waals surface area contributed by atoms with Gasteiger partial charge in [0.2, 0.25) is 5.91 Å². The smallest absolute Gasteiger partial charge is 0.323 e. The summed E-state index contributed by atoms with van der Waals surface area (Å²) in [5.41, 5.74) is 1.66. The number of urea groups is 1. The molecule has 23 heavy (non-hydrogen) atoms. The topological polar surface area (TPSA) is 79.5 Å². The van der Waals surface area contributed by atoms with Crippen molar-refractivity contribution in [1.29, 1.82) is 0 Å². The van der Waals surface area contributed by atoms with Gasteiger partial charge in [-0.25, -0.2) is 4.79 Å². The lowest BCUT2D eigenvalue weighted by Crippen LogP contribution is -2.19. The van der Waals surface area contributed by atoms with Crippen LogP contribution in [0, 0.1) is 0 Å². The fraction of sp³-hybridized carbons (Fsp3) is 0.125. The van der Waals surface area contributed by atoms with Gasteiger partial charge in [0, 0.05) is 16.4 Å². The van der Waals surface area contributed by atoms with Gasteiger partial charge in [0.15, 0.2) is 0 Å². The molecule has 0 atom stereocenters. The van der Waals surface area contributed by atoms with Crippen molar-refractivity contribution in [3.63, 3.8) is 0 Å². The lowest BCUT2D eigenvalue weighted by atomic mass is 10.2. The molecule has 0 saturated heterocycles. The Balaban J connectivity index is 1.70. The fourth-order valence-electron chi connectivity index (χ4n) is 2.16. The highest BCUT2D eigenvalue weighted by Crippen LogP contribution is 2.30. The average molecular weight is 332 g/mol. The Kier molecular flexibility index (Phi) is 4.34. The van der Waals surface area contributed by atoms with E-state index in [9.17, 15) is 9.59 Å². The van der Waals surface area contributed by atoms with Gasteiger partial charge < -0.3 is 20.7 Å². The van der Waals surface area contributed by atoms with Gasteiger partial charge in [0.25, 0.3) is 0 Å². The van der Waals surface area contributed by atoms with Crippen molar-refractivity contribution in [1.82, 2.24) is 0 Å². The number of carbonyl (C=O) groups is 2. The van der Waals surface area contributed by atoms with Gasteiger partial charge in [0.05, 0.1) is 18.7 Å². The quantitative estimate of drug-likeness (QED) is 0.785. The summed E-state index contributed by atoms with van der Waals surface area (Å²) in [7, 11) is 0. The van der Waals surface area contributed by atoms with E-state index in [-0.39, 0.29) is 5.91 Å². The molecule has 0 radical (unpaired) electrons. The molecule has 7 heteroatoms. The molecule has 0 aromatic heterocycles. The lowest BCUT2D eigenvalue weighted by Gasteiger charge is -2.11. The van der Waals surface area contributed by atoms with Crippen LogP contribution in [0.15, 0.2) is 42.5 Å². The van der Waals surface area contributed by atoms with E-state index in [1.807, 2.05) is 0 Å². The number of anilines is 3. The minimum absolute atomic E-state index is 0.121. The molecule has 2 aromatic rings. The number of amides is 3. The van der Waals surface area contributed by atoms with Gasteiger partial charge in [-0.15, -0.1) is 0 Å². The van der Waals surface area contributed by atoms with E-state index in [4.69, 9.17) is 16.3 Å². The van der Waals surface area contributed by atoms with Crippen LogP contribution in [0.3, 0.4) is 0 Å². The highest BCUT2D eigenvalue weighted by molar-refractivity contribution is 6.30. The molecule has 0 fully saturated rings. The first-order chi connectivity index (χ1) is 11.1. The first kappa shape index (κ1) is 15.2. The average Bonchev–Trinajstić information content (AvgIpc) is 2.67. The maximum atomic E-state index is 12.0. The van der Waals surface area contributed by atoms with Gasteiger partial charge in [-0.1, -0.05) is 17.7 Å². The van der Waals surface area contributed by atoms with E-state index < -0.39 is 6.03 Å². The first-order valence-corrected chi connectivity index (χ1v) is 7.38. The molecule has 0 saturated carbocycles. The van der Waals surface area contributed by atoms with Gasteiger partial charge in [-0.2, -0.15) is 0 Å². The number of halogens is 1. The van der Waals surface area contributed by atoms with Gasteiger partial charge >= 0.3 is 6.03 Å². The highest BCUT2D eigenvalue weighted by atomic mass is 35.5. The predicted molar refractivity (Wildman–Crippen MR) is 89.3 cm³/mol. The molecule has 0 aliphatic carbocycles. The molecule has 118 valence electrons. The van der Waals surface area contributed by atoms with Gasteiger partial charge in [0.1, 0.15) is 5.75 Å². The van der Waals surface area contributed by atoms with E-state index in [0.717, 1.165) is 0 Å². The maximum absolute atomic E-state index is 12.0. The second kappa shape index (κ2) is 6.58. The zero-order chi connectivity index (χ0) is 16.2.